The van der Waals surface area contributed by atoms with Crippen LogP contribution in [0, 0.1) is 11.8 Å². The number of Topliss-reactive ketones (excluding diaryl/α,β-unsaturated/α-hetero) is 1. The van der Waals surface area contributed by atoms with Gasteiger partial charge in [0.25, 0.3) is 0 Å². The van der Waals surface area contributed by atoms with E-state index in [0.29, 0.717) is 5.78 Å². The number of carbonyl (C=O) groups is 1. The molecule has 0 N–H and O–H groups in total. The van der Waals surface area contributed by atoms with E-state index in [2.05, 4.69) is 52.1 Å². The van der Waals surface area contributed by atoms with Crippen LogP contribution in [0.4, 0.5) is 0 Å². The molecule has 27 heavy (non-hydrogen) atoms. The van der Waals surface area contributed by atoms with Crippen LogP contribution in [0.3, 0.4) is 0 Å². The van der Waals surface area contributed by atoms with Crippen molar-refractivity contribution in [3.63, 3.8) is 0 Å². The minimum absolute atomic E-state index is 0.0560. The summed E-state index contributed by atoms with van der Waals surface area (Å²) in [6.07, 6.45) is 9.59. The Hall–Kier alpha value is -2.68. The molecular weight excluding hydrogens is 332 g/mol. The van der Waals surface area contributed by atoms with Crippen molar-refractivity contribution in [1.29, 1.82) is 0 Å². The number of benzene rings is 2. The summed E-state index contributed by atoms with van der Waals surface area (Å²) in [7, 11) is 0. The number of carbonyl (C=O) groups excluding carboxylic acids is 1. The molecule has 3 aromatic rings. The Morgan fingerprint density at radius 2 is 1.85 bits per heavy atom. The van der Waals surface area contributed by atoms with Crippen molar-refractivity contribution in [3.05, 3.63) is 65.7 Å². The first-order chi connectivity index (χ1) is 13.3. The predicted octanol–water partition coefficient (Wildman–Crippen LogP) is 4.89. The van der Waals surface area contributed by atoms with Crippen molar-refractivity contribution in [2.45, 2.75) is 38.6 Å². The van der Waals surface area contributed by atoms with Gasteiger partial charge in [0.05, 0.1) is 0 Å². The van der Waals surface area contributed by atoms with E-state index >= 15 is 0 Å². The fourth-order valence-electron chi connectivity index (χ4n) is 4.98. The molecular formula is C24H22N2O. The van der Waals surface area contributed by atoms with E-state index in [0.717, 1.165) is 48.7 Å². The fourth-order valence-corrected chi connectivity index (χ4v) is 4.98. The molecule has 3 nitrogen and oxygen atoms in total. The first-order valence-corrected chi connectivity index (χ1v) is 10.1. The molecule has 1 atom stereocenters. The molecule has 1 saturated carbocycles. The minimum atomic E-state index is 0.0560. The molecule has 1 heterocycles. The number of nitrogens with zero attached hydrogens (tertiary/aromatic N) is 2. The van der Waals surface area contributed by atoms with Gasteiger partial charge >= 0.3 is 0 Å². The highest BCUT2D eigenvalue weighted by molar-refractivity contribution is 6.36. The van der Waals surface area contributed by atoms with Gasteiger partial charge in [-0.25, -0.2) is 4.98 Å². The number of ketones is 1. The van der Waals surface area contributed by atoms with Crippen LogP contribution < -0.4 is 0 Å². The number of aromatic nitrogens is 2. The maximum Gasteiger partial charge on any atom is 0.168 e. The zero-order valence-electron chi connectivity index (χ0n) is 15.3. The van der Waals surface area contributed by atoms with Gasteiger partial charge in [-0.1, -0.05) is 36.4 Å². The molecule has 3 heteroatoms. The SMILES string of the molecule is O=C1C2=C(CC[C@@H]1Cn1ccnc1CC1CC1)c1cccc3cccc2c13. The number of imidazole rings is 1. The normalized spacial score (nSPS) is 21.2. The molecule has 0 unspecified atom stereocenters. The number of fused-ring (bicyclic) bond motifs is 2. The van der Waals surface area contributed by atoms with Crippen molar-refractivity contribution >= 4 is 27.7 Å². The van der Waals surface area contributed by atoms with Crippen LogP contribution in [-0.4, -0.2) is 15.3 Å². The predicted molar refractivity (Wildman–Crippen MR) is 107 cm³/mol. The zero-order valence-corrected chi connectivity index (χ0v) is 15.3. The van der Waals surface area contributed by atoms with Gasteiger partial charge in [0.2, 0.25) is 0 Å². The Bertz CT molecular complexity index is 1110. The van der Waals surface area contributed by atoms with Crippen LogP contribution >= 0.6 is 0 Å². The lowest BCUT2D eigenvalue weighted by Crippen LogP contribution is -2.25. The van der Waals surface area contributed by atoms with Gasteiger partial charge in [0, 0.05) is 36.9 Å². The highest BCUT2D eigenvalue weighted by Gasteiger charge is 2.36. The van der Waals surface area contributed by atoms with Crippen LogP contribution in [-0.2, 0) is 17.8 Å². The van der Waals surface area contributed by atoms with Gasteiger partial charge in [-0.2, -0.15) is 0 Å². The third-order valence-corrected chi connectivity index (χ3v) is 6.55. The highest BCUT2D eigenvalue weighted by atomic mass is 16.1. The number of hydrogen-bond acceptors (Lipinski definition) is 2. The summed E-state index contributed by atoms with van der Waals surface area (Å²) in [5.74, 6) is 2.35. The first kappa shape index (κ1) is 15.4. The summed E-state index contributed by atoms with van der Waals surface area (Å²) in [5.41, 5.74) is 4.69. The van der Waals surface area contributed by atoms with Crippen molar-refractivity contribution < 1.29 is 4.79 Å². The summed E-state index contributed by atoms with van der Waals surface area (Å²) in [6, 6.07) is 12.8. The summed E-state index contributed by atoms with van der Waals surface area (Å²) in [5, 5.41) is 2.51. The van der Waals surface area contributed by atoms with Gasteiger partial charge in [0.1, 0.15) is 5.82 Å². The molecule has 1 aromatic heterocycles. The maximum absolute atomic E-state index is 13.5. The minimum Gasteiger partial charge on any atom is -0.334 e. The van der Waals surface area contributed by atoms with Crippen LogP contribution in [0.15, 0.2) is 48.8 Å². The van der Waals surface area contributed by atoms with Crippen molar-refractivity contribution in [2.75, 3.05) is 0 Å². The standard InChI is InChI=1S/C24H22N2O/c27-24-17(14-26-12-11-25-21(26)13-15-7-8-15)9-10-19-18-5-1-3-16-4-2-6-20(22(16)18)23(19)24/h1-6,11-12,15,17H,7-10,13-14H2/t17-/m1/s1. The Kier molecular flexibility index (Phi) is 3.22. The van der Waals surface area contributed by atoms with Gasteiger partial charge in [-0.05, 0) is 59.1 Å². The molecule has 2 aromatic carbocycles. The molecule has 0 bridgehead atoms. The third-order valence-electron chi connectivity index (χ3n) is 6.55. The Morgan fingerprint density at radius 3 is 2.67 bits per heavy atom. The molecule has 0 saturated heterocycles. The van der Waals surface area contributed by atoms with E-state index in [1.54, 1.807) is 0 Å². The number of allylic oxidation sites excluding steroid dienone is 2. The third kappa shape index (κ3) is 2.34. The fraction of sp³-hybridized carbons (Fsp3) is 0.333. The van der Waals surface area contributed by atoms with E-state index in [1.165, 1.54) is 34.8 Å². The monoisotopic (exact) mass is 354 g/mol. The van der Waals surface area contributed by atoms with E-state index < -0.39 is 0 Å². The van der Waals surface area contributed by atoms with Crippen molar-refractivity contribution in [2.24, 2.45) is 11.8 Å². The number of rotatable bonds is 4. The quantitative estimate of drug-likeness (QED) is 0.668. The maximum atomic E-state index is 13.5. The molecule has 6 rings (SSSR count). The number of hydrogen-bond donors (Lipinski definition) is 0. The van der Waals surface area contributed by atoms with Crippen LogP contribution in [0.2, 0.25) is 0 Å². The first-order valence-electron chi connectivity index (χ1n) is 10.1. The smallest absolute Gasteiger partial charge is 0.168 e. The van der Waals surface area contributed by atoms with Crippen molar-refractivity contribution in [1.82, 2.24) is 9.55 Å². The second kappa shape index (κ2) is 5.66. The highest BCUT2D eigenvalue weighted by Crippen LogP contribution is 2.48. The van der Waals surface area contributed by atoms with Crippen LogP contribution in [0.5, 0.6) is 0 Å². The molecule has 0 aliphatic heterocycles. The average Bonchev–Trinajstić information content (AvgIpc) is 3.30. The summed E-state index contributed by atoms with van der Waals surface area (Å²) >= 11 is 0. The summed E-state index contributed by atoms with van der Waals surface area (Å²) in [4.78, 5) is 18.1. The second-order valence-electron chi connectivity index (χ2n) is 8.31. The van der Waals surface area contributed by atoms with Crippen LogP contribution in [0.25, 0.3) is 21.9 Å². The van der Waals surface area contributed by atoms with Gasteiger partial charge in [-0.3, -0.25) is 4.79 Å². The van der Waals surface area contributed by atoms with Crippen LogP contribution in [0.1, 0.15) is 42.6 Å². The van der Waals surface area contributed by atoms with E-state index in [9.17, 15) is 4.79 Å². The Morgan fingerprint density at radius 1 is 1.04 bits per heavy atom. The molecule has 0 amide bonds. The molecule has 3 aliphatic carbocycles. The zero-order chi connectivity index (χ0) is 18.0. The average molecular weight is 354 g/mol. The lowest BCUT2D eigenvalue weighted by molar-refractivity contribution is -0.118. The second-order valence-corrected chi connectivity index (χ2v) is 8.31. The van der Waals surface area contributed by atoms with E-state index in [4.69, 9.17) is 0 Å². The largest absolute Gasteiger partial charge is 0.334 e. The molecule has 3 aliphatic rings. The Balaban J connectivity index is 1.35. The van der Waals surface area contributed by atoms with E-state index in [-0.39, 0.29) is 5.92 Å². The van der Waals surface area contributed by atoms with Gasteiger partial charge < -0.3 is 4.57 Å². The van der Waals surface area contributed by atoms with Crippen molar-refractivity contribution in [3.8, 4) is 0 Å². The lowest BCUT2D eigenvalue weighted by atomic mass is 9.81. The lowest BCUT2D eigenvalue weighted by Gasteiger charge is -2.24. The Labute approximate surface area is 158 Å². The molecule has 0 spiro atoms. The topological polar surface area (TPSA) is 34.9 Å². The molecule has 0 radical (unpaired) electrons. The molecule has 134 valence electrons. The molecule has 1 fully saturated rings. The van der Waals surface area contributed by atoms with Gasteiger partial charge in [-0.15, -0.1) is 0 Å². The van der Waals surface area contributed by atoms with E-state index in [1.807, 2.05) is 6.20 Å². The van der Waals surface area contributed by atoms with Gasteiger partial charge in [0.15, 0.2) is 5.78 Å². The summed E-state index contributed by atoms with van der Waals surface area (Å²) < 4.78 is 2.23. The summed E-state index contributed by atoms with van der Waals surface area (Å²) in [6.45, 7) is 0.768.